The molecule has 1 aliphatic heterocycles. The molecular formula is C12H15NO5S. The number of sulfonamides is 1. The molecule has 0 amide bonds. The molecule has 19 heavy (non-hydrogen) atoms. The predicted octanol–water partition coefficient (Wildman–Crippen LogP) is 0.0690. The number of carbonyl (C=O) groups is 1. The summed E-state index contributed by atoms with van der Waals surface area (Å²) in [5.74, 6) is -0.960. The van der Waals surface area contributed by atoms with Crippen molar-refractivity contribution in [1.82, 2.24) is 4.31 Å². The second-order valence-electron chi connectivity index (χ2n) is 4.52. The van der Waals surface area contributed by atoms with Gasteiger partial charge in [-0.05, 0) is 24.1 Å². The molecule has 104 valence electrons. The summed E-state index contributed by atoms with van der Waals surface area (Å²) in [5.41, 5.74) is 0.549. The van der Waals surface area contributed by atoms with Crippen LogP contribution in [0.1, 0.15) is 12.0 Å². The van der Waals surface area contributed by atoms with E-state index in [-0.39, 0.29) is 17.9 Å². The fourth-order valence-electron chi connectivity index (χ4n) is 2.03. The summed E-state index contributed by atoms with van der Waals surface area (Å²) in [7, 11) is -3.59. The van der Waals surface area contributed by atoms with Gasteiger partial charge >= 0.3 is 5.97 Å². The topological polar surface area (TPSA) is 94.9 Å². The second kappa shape index (κ2) is 5.28. The summed E-state index contributed by atoms with van der Waals surface area (Å²) in [6.45, 7) is 0.416. The number of carboxylic acids is 1. The maximum atomic E-state index is 12.2. The quantitative estimate of drug-likeness (QED) is 0.816. The van der Waals surface area contributed by atoms with Gasteiger partial charge in [0, 0.05) is 13.1 Å². The molecule has 1 saturated heterocycles. The molecule has 6 nitrogen and oxygen atoms in total. The minimum Gasteiger partial charge on any atom is -0.481 e. The molecule has 0 spiro atoms. The summed E-state index contributed by atoms with van der Waals surface area (Å²) in [4.78, 5) is 10.7. The average Bonchev–Trinajstić information content (AvgIpc) is 2.76. The third-order valence-electron chi connectivity index (χ3n) is 3.04. The lowest BCUT2D eigenvalue weighted by Gasteiger charge is -2.15. The summed E-state index contributed by atoms with van der Waals surface area (Å²) in [5, 5.41) is 18.0. The van der Waals surface area contributed by atoms with E-state index in [1.165, 1.54) is 28.6 Å². The number of β-amino-alcohol motifs (C(OH)–C–C–N with tert-alkyl or cyclic N) is 1. The van der Waals surface area contributed by atoms with Crippen LogP contribution in [0.5, 0.6) is 0 Å². The van der Waals surface area contributed by atoms with Gasteiger partial charge in [0.2, 0.25) is 10.0 Å². The number of hydrogen-bond acceptors (Lipinski definition) is 4. The summed E-state index contributed by atoms with van der Waals surface area (Å²) in [6.07, 6.45) is -0.305. The molecule has 7 heteroatoms. The van der Waals surface area contributed by atoms with E-state index in [1.54, 1.807) is 0 Å². The molecule has 1 aromatic carbocycles. The molecule has 0 saturated carbocycles. The van der Waals surface area contributed by atoms with Crippen LogP contribution >= 0.6 is 0 Å². The molecular weight excluding hydrogens is 270 g/mol. The van der Waals surface area contributed by atoms with Crippen molar-refractivity contribution < 1.29 is 23.4 Å². The van der Waals surface area contributed by atoms with E-state index in [9.17, 15) is 18.3 Å². The van der Waals surface area contributed by atoms with Crippen LogP contribution < -0.4 is 0 Å². The van der Waals surface area contributed by atoms with Crippen molar-refractivity contribution in [1.29, 1.82) is 0 Å². The smallest absolute Gasteiger partial charge is 0.307 e. The number of benzene rings is 1. The number of aliphatic hydroxyl groups is 1. The van der Waals surface area contributed by atoms with Gasteiger partial charge in [0.25, 0.3) is 0 Å². The molecule has 0 aliphatic carbocycles. The molecule has 2 N–H and O–H groups in total. The van der Waals surface area contributed by atoms with E-state index in [0.29, 0.717) is 18.5 Å². The Kier molecular flexibility index (Phi) is 3.88. The molecule has 0 radical (unpaired) electrons. The molecule has 1 heterocycles. The first kappa shape index (κ1) is 14.0. The largest absolute Gasteiger partial charge is 0.481 e. The fourth-order valence-corrected chi connectivity index (χ4v) is 3.52. The van der Waals surface area contributed by atoms with Crippen LogP contribution in [0.25, 0.3) is 0 Å². The Labute approximate surface area is 111 Å². The van der Waals surface area contributed by atoms with Gasteiger partial charge in [-0.1, -0.05) is 12.1 Å². The number of carboxylic acid groups (broad SMARTS) is 1. The van der Waals surface area contributed by atoms with Crippen molar-refractivity contribution in [2.24, 2.45) is 0 Å². The summed E-state index contributed by atoms with van der Waals surface area (Å²) < 4.78 is 25.7. The molecule has 0 aromatic heterocycles. The van der Waals surface area contributed by atoms with Crippen molar-refractivity contribution in [3.05, 3.63) is 29.8 Å². The van der Waals surface area contributed by atoms with Crippen LogP contribution in [-0.4, -0.2) is 48.1 Å². The number of aliphatic carboxylic acids is 1. The lowest BCUT2D eigenvalue weighted by atomic mass is 10.2. The monoisotopic (exact) mass is 285 g/mol. The van der Waals surface area contributed by atoms with Gasteiger partial charge < -0.3 is 10.2 Å². The summed E-state index contributed by atoms with van der Waals surface area (Å²) >= 11 is 0. The van der Waals surface area contributed by atoms with Gasteiger partial charge in [0.15, 0.2) is 0 Å². The molecule has 0 bridgehead atoms. The first-order chi connectivity index (χ1) is 8.89. The van der Waals surface area contributed by atoms with Crippen LogP contribution in [0.15, 0.2) is 29.2 Å². The van der Waals surface area contributed by atoms with E-state index in [4.69, 9.17) is 5.11 Å². The highest BCUT2D eigenvalue weighted by Crippen LogP contribution is 2.21. The predicted molar refractivity (Wildman–Crippen MR) is 67.2 cm³/mol. The third-order valence-corrected chi connectivity index (χ3v) is 4.92. The molecule has 0 unspecified atom stereocenters. The Balaban J connectivity index is 2.19. The van der Waals surface area contributed by atoms with Crippen LogP contribution in [-0.2, 0) is 21.2 Å². The zero-order valence-electron chi connectivity index (χ0n) is 10.2. The van der Waals surface area contributed by atoms with Gasteiger partial charge in [-0.25, -0.2) is 8.42 Å². The second-order valence-corrected chi connectivity index (χ2v) is 6.46. The van der Waals surface area contributed by atoms with Crippen LogP contribution in [0.4, 0.5) is 0 Å². The van der Waals surface area contributed by atoms with Crippen LogP contribution in [0, 0.1) is 0 Å². The van der Waals surface area contributed by atoms with Gasteiger partial charge in [-0.3, -0.25) is 4.79 Å². The number of hydrogen-bond donors (Lipinski definition) is 2. The highest BCUT2D eigenvalue weighted by molar-refractivity contribution is 7.89. The SMILES string of the molecule is O=C(O)Cc1ccc(S(=O)(=O)N2CC[C@@H](O)C2)cc1. The van der Waals surface area contributed by atoms with Gasteiger partial charge in [0.1, 0.15) is 0 Å². The standard InChI is InChI=1S/C12H15NO5S/c14-10-5-6-13(8-10)19(17,18)11-3-1-9(2-4-11)7-12(15)16/h1-4,10,14H,5-8H2,(H,15,16)/t10-/m1/s1. The lowest BCUT2D eigenvalue weighted by molar-refractivity contribution is -0.136. The van der Waals surface area contributed by atoms with E-state index < -0.39 is 22.1 Å². The van der Waals surface area contributed by atoms with Crippen molar-refractivity contribution in [3.8, 4) is 0 Å². The fraction of sp³-hybridized carbons (Fsp3) is 0.417. The Morgan fingerprint density at radius 3 is 2.42 bits per heavy atom. The zero-order valence-corrected chi connectivity index (χ0v) is 11.0. The molecule has 1 aromatic rings. The van der Waals surface area contributed by atoms with E-state index in [2.05, 4.69) is 0 Å². The highest BCUT2D eigenvalue weighted by Gasteiger charge is 2.31. The molecule has 1 aliphatic rings. The average molecular weight is 285 g/mol. The van der Waals surface area contributed by atoms with Gasteiger partial charge in [-0.2, -0.15) is 4.31 Å². The lowest BCUT2D eigenvalue weighted by Crippen LogP contribution is -2.29. The highest BCUT2D eigenvalue weighted by atomic mass is 32.2. The van der Waals surface area contributed by atoms with Crippen molar-refractivity contribution in [2.75, 3.05) is 13.1 Å². The first-order valence-corrected chi connectivity index (χ1v) is 7.32. The van der Waals surface area contributed by atoms with Crippen LogP contribution in [0.3, 0.4) is 0 Å². The van der Waals surface area contributed by atoms with E-state index >= 15 is 0 Å². The van der Waals surface area contributed by atoms with Gasteiger partial charge in [0.05, 0.1) is 17.4 Å². The maximum Gasteiger partial charge on any atom is 0.307 e. The van der Waals surface area contributed by atoms with Crippen LogP contribution in [0.2, 0.25) is 0 Å². The van der Waals surface area contributed by atoms with Crippen molar-refractivity contribution >= 4 is 16.0 Å². The molecule has 1 atom stereocenters. The Bertz CT molecular complexity index is 566. The maximum absolute atomic E-state index is 12.2. The van der Waals surface area contributed by atoms with E-state index in [0.717, 1.165) is 0 Å². The molecule has 2 rings (SSSR count). The first-order valence-electron chi connectivity index (χ1n) is 5.88. The Morgan fingerprint density at radius 2 is 1.95 bits per heavy atom. The normalized spacial score (nSPS) is 20.6. The number of nitrogens with zero attached hydrogens (tertiary/aromatic N) is 1. The van der Waals surface area contributed by atoms with Gasteiger partial charge in [-0.15, -0.1) is 0 Å². The van der Waals surface area contributed by atoms with Crippen molar-refractivity contribution in [2.45, 2.75) is 23.8 Å². The number of rotatable bonds is 4. The summed E-state index contributed by atoms with van der Waals surface area (Å²) in [6, 6.07) is 5.79. The zero-order chi connectivity index (χ0) is 14.0. The van der Waals surface area contributed by atoms with Crippen molar-refractivity contribution in [3.63, 3.8) is 0 Å². The minimum atomic E-state index is -3.59. The minimum absolute atomic E-state index is 0.110. The Morgan fingerprint density at radius 1 is 1.32 bits per heavy atom. The van der Waals surface area contributed by atoms with E-state index in [1.807, 2.05) is 0 Å². The number of aliphatic hydroxyl groups excluding tert-OH is 1. The Hall–Kier alpha value is -1.44. The third kappa shape index (κ3) is 3.12. The molecule has 1 fully saturated rings.